The fourth-order valence-corrected chi connectivity index (χ4v) is 2.32. The molecule has 1 amide bonds. The van der Waals surface area contributed by atoms with Crippen molar-refractivity contribution in [2.75, 3.05) is 5.32 Å². The quantitative estimate of drug-likeness (QED) is 0.651. The van der Waals surface area contributed by atoms with Gasteiger partial charge in [0.1, 0.15) is 11.6 Å². The van der Waals surface area contributed by atoms with E-state index in [1.54, 1.807) is 0 Å². The van der Waals surface area contributed by atoms with Crippen LogP contribution in [0.4, 0.5) is 5.69 Å². The van der Waals surface area contributed by atoms with Crippen LogP contribution in [-0.2, 0) is 11.3 Å². The number of hydrogen-bond acceptors (Lipinski definition) is 3. The van der Waals surface area contributed by atoms with Gasteiger partial charge >= 0.3 is 0 Å². The molecule has 2 aromatic carbocycles. The molecule has 0 aliphatic heterocycles. The van der Waals surface area contributed by atoms with Crippen molar-refractivity contribution in [3.8, 4) is 6.07 Å². The zero-order chi connectivity index (χ0) is 17.5. The molecule has 2 aromatic rings. The second-order valence-electron chi connectivity index (χ2n) is 5.74. The lowest BCUT2D eigenvalue weighted by Crippen LogP contribution is -2.17. The van der Waals surface area contributed by atoms with Gasteiger partial charge in [0.05, 0.1) is 0 Å². The van der Waals surface area contributed by atoms with Crippen LogP contribution in [0.3, 0.4) is 0 Å². The normalized spacial score (nSPS) is 10.8. The van der Waals surface area contributed by atoms with Crippen LogP contribution in [-0.4, -0.2) is 5.91 Å². The number of rotatable bonds is 5. The third-order valence-corrected chi connectivity index (χ3v) is 3.85. The molecule has 0 heterocycles. The maximum atomic E-state index is 12.3. The van der Waals surface area contributed by atoms with Crippen molar-refractivity contribution in [2.24, 2.45) is 0 Å². The smallest absolute Gasteiger partial charge is 0.267 e. The van der Waals surface area contributed by atoms with E-state index in [9.17, 15) is 10.1 Å². The van der Waals surface area contributed by atoms with Crippen LogP contribution in [0.15, 0.2) is 54.2 Å². The number of nitrogens with one attached hydrogen (secondary N) is 2. The van der Waals surface area contributed by atoms with Gasteiger partial charge in [0, 0.05) is 18.4 Å². The fraction of sp³-hybridized carbons (Fsp3) is 0.200. The Morgan fingerprint density at radius 3 is 2.62 bits per heavy atom. The van der Waals surface area contributed by atoms with E-state index in [0.717, 1.165) is 22.4 Å². The van der Waals surface area contributed by atoms with Crippen molar-refractivity contribution >= 4 is 11.6 Å². The number of nitrogens with zero attached hydrogens (tertiary/aromatic N) is 1. The lowest BCUT2D eigenvalue weighted by atomic mass is 10.1. The minimum absolute atomic E-state index is 0.0450. The molecule has 0 aliphatic rings. The van der Waals surface area contributed by atoms with Gasteiger partial charge in [-0.1, -0.05) is 42.0 Å². The van der Waals surface area contributed by atoms with Crippen molar-refractivity contribution < 1.29 is 4.79 Å². The number of hydrogen-bond donors (Lipinski definition) is 2. The maximum absolute atomic E-state index is 12.3. The summed E-state index contributed by atoms with van der Waals surface area (Å²) in [6.45, 7) is 6.51. The van der Waals surface area contributed by atoms with Crippen LogP contribution < -0.4 is 10.6 Å². The Labute approximate surface area is 142 Å². The van der Waals surface area contributed by atoms with Crippen LogP contribution in [0.2, 0.25) is 0 Å². The van der Waals surface area contributed by atoms with E-state index in [0.29, 0.717) is 6.54 Å². The largest absolute Gasteiger partial charge is 0.386 e. The average molecular weight is 319 g/mol. The highest BCUT2D eigenvalue weighted by Gasteiger charge is 2.11. The summed E-state index contributed by atoms with van der Waals surface area (Å²) in [5, 5.41) is 15.0. The first-order valence-electron chi connectivity index (χ1n) is 7.78. The van der Waals surface area contributed by atoms with Crippen molar-refractivity contribution in [3.05, 3.63) is 76.5 Å². The van der Waals surface area contributed by atoms with Crippen molar-refractivity contribution in [2.45, 2.75) is 27.3 Å². The van der Waals surface area contributed by atoms with Gasteiger partial charge in [0.25, 0.3) is 5.91 Å². The third-order valence-electron chi connectivity index (χ3n) is 3.85. The molecule has 2 N–H and O–H groups in total. The van der Waals surface area contributed by atoms with Gasteiger partial charge in [-0.3, -0.25) is 4.79 Å². The van der Waals surface area contributed by atoms with E-state index in [2.05, 4.69) is 16.7 Å². The number of nitriles is 1. The van der Waals surface area contributed by atoms with E-state index >= 15 is 0 Å². The predicted octanol–water partition coefficient (Wildman–Crippen LogP) is 3.75. The number of anilines is 1. The van der Waals surface area contributed by atoms with Crippen LogP contribution in [0, 0.1) is 32.1 Å². The Kier molecular flexibility index (Phi) is 5.75. The first-order valence-corrected chi connectivity index (χ1v) is 7.78. The van der Waals surface area contributed by atoms with Gasteiger partial charge in [-0.05, 0) is 43.5 Å². The van der Waals surface area contributed by atoms with E-state index < -0.39 is 5.91 Å². The molecule has 0 saturated carbocycles. The zero-order valence-corrected chi connectivity index (χ0v) is 14.2. The van der Waals surface area contributed by atoms with Gasteiger partial charge in [0.2, 0.25) is 0 Å². The number of amides is 1. The summed E-state index contributed by atoms with van der Waals surface area (Å²) < 4.78 is 0. The first kappa shape index (κ1) is 17.3. The number of carbonyl (C=O) groups is 1. The lowest BCUT2D eigenvalue weighted by Gasteiger charge is -2.10. The Bertz CT molecular complexity index is 816. The molecule has 0 fully saturated rings. The summed E-state index contributed by atoms with van der Waals surface area (Å²) >= 11 is 0. The molecule has 2 rings (SSSR count). The summed E-state index contributed by atoms with van der Waals surface area (Å²) in [5.41, 5.74) is 5.12. The molecule has 0 unspecified atom stereocenters. The van der Waals surface area contributed by atoms with E-state index in [1.807, 2.05) is 63.2 Å². The predicted molar refractivity (Wildman–Crippen MR) is 96.3 cm³/mol. The van der Waals surface area contributed by atoms with Gasteiger partial charge in [-0.15, -0.1) is 0 Å². The van der Waals surface area contributed by atoms with E-state index in [4.69, 9.17) is 0 Å². The highest BCUT2D eigenvalue weighted by atomic mass is 16.1. The molecule has 0 spiro atoms. The van der Waals surface area contributed by atoms with Crippen molar-refractivity contribution in [1.29, 1.82) is 5.26 Å². The zero-order valence-electron chi connectivity index (χ0n) is 14.2. The SMILES string of the molecule is Cc1cccc(CN/C=C(/C#N)C(=O)Nc2cccc(C)c2C)c1. The molecule has 122 valence electrons. The second kappa shape index (κ2) is 7.98. The topological polar surface area (TPSA) is 64.9 Å². The first-order chi connectivity index (χ1) is 11.5. The van der Waals surface area contributed by atoms with Gasteiger partial charge in [0.15, 0.2) is 0 Å². The summed E-state index contributed by atoms with van der Waals surface area (Å²) in [6, 6.07) is 15.7. The molecule has 0 aliphatic carbocycles. The summed E-state index contributed by atoms with van der Waals surface area (Å²) in [6.07, 6.45) is 1.46. The van der Waals surface area contributed by atoms with Gasteiger partial charge in [-0.25, -0.2) is 0 Å². The van der Waals surface area contributed by atoms with Gasteiger partial charge < -0.3 is 10.6 Å². The van der Waals surface area contributed by atoms with Crippen LogP contribution >= 0.6 is 0 Å². The molecular weight excluding hydrogens is 298 g/mol. The third kappa shape index (κ3) is 4.47. The van der Waals surface area contributed by atoms with Crippen LogP contribution in [0.5, 0.6) is 0 Å². The Hall–Kier alpha value is -3.06. The second-order valence-corrected chi connectivity index (χ2v) is 5.74. The molecule has 24 heavy (non-hydrogen) atoms. The van der Waals surface area contributed by atoms with Gasteiger partial charge in [-0.2, -0.15) is 5.26 Å². The monoisotopic (exact) mass is 319 g/mol. The molecule has 0 bridgehead atoms. The lowest BCUT2D eigenvalue weighted by molar-refractivity contribution is -0.112. The fourth-order valence-electron chi connectivity index (χ4n) is 2.32. The molecule has 0 aromatic heterocycles. The van der Waals surface area contributed by atoms with E-state index in [1.165, 1.54) is 11.8 Å². The summed E-state index contributed by atoms with van der Waals surface area (Å²) in [4.78, 5) is 12.3. The Morgan fingerprint density at radius 2 is 1.92 bits per heavy atom. The molecule has 0 saturated heterocycles. The Balaban J connectivity index is 2.03. The molecule has 0 atom stereocenters. The molecular formula is C20H21N3O. The molecule has 4 heteroatoms. The highest BCUT2D eigenvalue weighted by Crippen LogP contribution is 2.18. The minimum atomic E-state index is -0.414. The summed E-state index contributed by atoms with van der Waals surface area (Å²) in [7, 11) is 0. The average Bonchev–Trinajstić information content (AvgIpc) is 2.56. The van der Waals surface area contributed by atoms with Crippen molar-refractivity contribution in [3.63, 3.8) is 0 Å². The maximum Gasteiger partial charge on any atom is 0.267 e. The number of aryl methyl sites for hydroxylation is 2. The van der Waals surface area contributed by atoms with E-state index in [-0.39, 0.29) is 5.57 Å². The van der Waals surface area contributed by atoms with Crippen molar-refractivity contribution in [1.82, 2.24) is 5.32 Å². The summed E-state index contributed by atoms with van der Waals surface area (Å²) in [5.74, 6) is -0.414. The van der Waals surface area contributed by atoms with Crippen LogP contribution in [0.25, 0.3) is 0 Å². The standard InChI is InChI=1S/C20H21N3O/c1-14-6-4-8-17(10-14)12-22-13-18(11-21)20(24)23-19-9-5-7-15(2)16(19)3/h4-10,13,22H,12H2,1-3H3,(H,23,24)/b18-13-. The van der Waals surface area contributed by atoms with Crippen LogP contribution in [0.1, 0.15) is 22.3 Å². The molecule has 0 radical (unpaired) electrons. The minimum Gasteiger partial charge on any atom is -0.386 e. The number of carbonyl (C=O) groups excluding carboxylic acids is 1. The molecule has 4 nitrogen and oxygen atoms in total. The number of benzene rings is 2. The highest BCUT2D eigenvalue weighted by molar-refractivity contribution is 6.06. The Morgan fingerprint density at radius 1 is 1.17 bits per heavy atom.